The molecule has 2 N–H and O–H groups in total. The first-order chi connectivity index (χ1) is 15.9. The standard InChI is InChI=1S/C25H41N5O3/c1-3-7-20(2)17-29-11-10-25(18-26,19-29)28-23(31)22(16-21-8-5-4-6-9-21)27-24(32)30-12-14-33-15-13-30/h7,21-22H,3-6,8-17,19H2,1-2H3,(H,27,32)(H,28,31)/b20-7+. The van der Waals surface area contributed by atoms with Gasteiger partial charge in [0.1, 0.15) is 11.6 Å². The number of morpholine rings is 1. The maximum atomic E-state index is 13.4. The number of allylic oxidation sites excluding steroid dienone is 1. The first kappa shape index (κ1) is 25.5. The Balaban J connectivity index is 1.65. The zero-order valence-corrected chi connectivity index (χ0v) is 20.4. The second kappa shape index (κ2) is 12.4. The van der Waals surface area contributed by atoms with Crippen molar-refractivity contribution in [3.05, 3.63) is 11.6 Å². The molecule has 2 aliphatic heterocycles. The number of amides is 3. The monoisotopic (exact) mass is 459 g/mol. The van der Waals surface area contributed by atoms with E-state index in [1.54, 1.807) is 4.90 Å². The van der Waals surface area contributed by atoms with Gasteiger partial charge in [-0.05, 0) is 32.1 Å². The molecule has 3 amide bonds. The van der Waals surface area contributed by atoms with Crippen molar-refractivity contribution < 1.29 is 14.3 Å². The summed E-state index contributed by atoms with van der Waals surface area (Å²) >= 11 is 0. The second-order valence-corrected chi connectivity index (χ2v) is 9.94. The summed E-state index contributed by atoms with van der Waals surface area (Å²) in [6, 6.07) is 1.55. The number of hydrogen-bond acceptors (Lipinski definition) is 5. The van der Waals surface area contributed by atoms with Gasteiger partial charge in [-0.25, -0.2) is 4.79 Å². The molecule has 2 unspecified atom stereocenters. The smallest absolute Gasteiger partial charge is 0.318 e. The lowest BCUT2D eigenvalue weighted by Gasteiger charge is -2.32. The third-order valence-electron chi connectivity index (χ3n) is 7.16. The molecule has 8 heteroatoms. The van der Waals surface area contributed by atoms with Gasteiger partial charge in [0, 0.05) is 32.7 Å². The molecular formula is C25H41N5O3. The number of likely N-dealkylation sites (tertiary alicyclic amines) is 1. The number of rotatable bonds is 8. The molecule has 1 aliphatic carbocycles. The molecule has 1 saturated carbocycles. The maximum Gasteiger partial charge on any atom is 0.318 e. The SMILES string of the molecule is CC/C=C(\C)CN1CCC(C#N)(NC(=O)C(CC2CCCCC2)NC(=O)N2CCOCC2)C1. The molecule has 2 saturated heterocycles. The summed E-state index contributed by atoms with van der Waals surface area (Å²) in [5, 5.41) is 16.0. The van der Waals surface area contributed by atoms with E-state index in [2.05, 4.69) is 41.5 Å². The van der Waals surface area contributed by atoms with Gasteiger partial charge in [-0.2, -0.15) is 5.26 Å². The van der Waals surface area contributed by atoms with Crippen molar-refractivity contribution in [3.63, 3.8) is 0 Å². The van der Waals surface area contributed by atoms with Crippen LogP contribution in [-0.4, -0.2) is 79.3 Å². The Bertz CT molecular complexity index is 737. The van der Waals surface area contributed by atoms with E-state index in [4.69, 9.17) is 4.74 Å². The van der Waals surface area contributed by atoms with Gasteiger partial charge >= 0.3 is 6.03 Å². The minimum atomic E-state index is -0.905. The van der Waals surface area contributed by atoms with E-state index in [-0.39, 0.29) is 11.9 Å². The summed E-state index contributed by atoms with van der Waals surface area (Å²) in [5.74, 6) is 0.200. The van der Waals surface area contributed by atoms with E-state index in [1.807, 2.05) is 0 Å². The summed E-state index contributed by atoms with van der Waals surface area (Å²) in [6.45, 7) is 8.43. The van der Waals surface area contributed by atoms with Crippen molar-refractivity contribution >= 4 is 11.9 Å². The fraction of sp³-hybridized carbons (Fsp3) is 0.800. The predicted octanol–water partition coefficient (Wildman–Crippen LogP) is 2.81. The van der Waals surface area contributed by atoms with Gasteiger partial charge in [0.2, 0.25) is 5.91 Å². The van der Waals surface area contributed by atoms with E-state index in [1.165, 1.54) is 24.8 Å². The minimum absolute atomic E-state index is 0.214. The van der Waals surface area contributed by atoms with E-state index in [0.717, 1.165) is 32.4 Å². The van der Waals surface area contributed by atoms with Crippen LogP contribution in [0.3, 0.4) is 0 Å². The molecule has 3 aliphatic rings. The van der Waals surface area contributed by atoms with Gasteiger partial charge in [-0.1, -0.05) is 50.7 Å². The molecule has 33 heavy (non-hydrogen) atoms. The number of nitriles is 1. The number of hydrogen-bond donors (Lipinski definition) is 2. The van der Waals surface area contributed by atoms with Crippen molar-refractivity contribution in [3.8, 4) is 6.07 Å². The molecule has 0 spiro atoms. The Morgan fingerprint density at radius 2 is 1.94 bits per heavy atom. The molecule has 0 aromatic heterocycles. The van der Waals surface area contributed by atoms with Gasteiger partial charge in [-0.3, -0.25) is 9.69 Å². The molecule has 8 nitrogen and oxygen atoms in total. The summed E-state index contributed by atoms with van der Waals surface area (Å²) in [4.78, 5) is 30.3. The highest BCUT2D eigenvalue weighted by Crippen LogP contribution is 2.28. The Labute approximate surface area is 198 Å². The number of carbonyl (C=O) groups is 2. The zero-order valence-electron chi connectivity index (χ0n) is 20.4. The first-order valence-electron chi connectivity index (χ1n) is 12.7. The van der Waals surface area contributed by atoms with Crippen molar-refractivity contribution in [2.45, 2.75) is 76.8 Å². The molecule has 0 bridgehead atoms. The van der Waals surface area contributed by atoms with Crippen molar-refractivity contribution in [2.24, 2.45) is 5.92 Å². The molecule has 184 valence electrons. The van der Waals surface area contributed by atoms with Gasteiger partial charge in [0.05, 0.1) is 19.3 Å². The van der Waals surface area contributed by atoms with Gasteiger partial charge in [0.25, 0.3) is 0 Å². The molecule has 2 heterocycles. The van der Waals surface area contributed by atoms with Crippen molar-refractivity contribution in [1.82, 2.24) is 20.4 Å². The van der Waals surface area contributed by atoms with Crippen LogP contribution in [0.15, 0.2) is 11.6 Å². The third kappa shape index (κ3) is 7.44. The average molecular weight is 460 g/mol. The topological polar surface area (TPSA) is 97.7 Å². The quantitative estimate of drug-likeness (QED) is 0.544. The number of nitrogens with zero attached hydrogens (tertiary/aromatic N) is 3. The fourth-order valence-corrected chi connectivity index (χ4v) is 5.33. The number of carbonyl (C=O) groups excluding carboxylic acids is 2. The molecular weight excluding hydrogens is 418 g/mol. The van der Waals surface area contributed by atoms with Crippen LogP contribution < -0.4 is 10.6 Å². The summed E-state index contributed by atoms with van der Waals surface area (Å²) in [6.07, 6.45) is 10.2. The van der Waals surface area contributed by atoms with Crippen LogP contribution in [0, 0.1) is 17.2 Å². The number of ether oxygens (including phenoxy) is 1. The minimum Gasteiger partial charge on any atom is -0.378 e. The normalized spacial score (nSPS) is 26.0. The average Bonchev–Trinajstić information content (AvgIpc) is 3.22. The van der Waals surface area contributed by atoms with Crippen LogP contribution in [0.5, 0.6) is 0 Å². The molecule has 3 fully saturated rings. The number of urea groups is 1. The molecule has 0 aromatic rings. The van der Waals surface area contributed by atoms with E-state index >= 15 is 0 Å². The van der Waals surface area contributed by atoms with Crippen LogP contribution in [-0.2, 0) is 9.53 Å². The largest absolute Gasteiger partial charge is 0.378 e. The third-order valence-corrected chi connectivity index (χ3v) is 7.16. The fourth-order valence-electron chi connectivity index (χ4n) is 5.33. The van der Waals surface area contributed by atoms with Crippen LogP contribution in [0.2, 0.25) is 0 Å². The van der Waals surface area contributed by atoms with Gasteiger partial charge in [0.15, 0.2) is 0 Å². The summed E-state index contributed by atoms with van der Waals surface area (Å²) < 4.78 is 5.35. The van der Waals surface area contributed by atoms with E-state index in [0.29, 0.717) is 51.6 Å². The van der Waals surface area contributed by atoms with Crippen LogP contribution in [0.4, 0.5) is 4.79 Å². The lowest BCUT2D eigenvalue weighted by molar-refractivity contribution is -0.124. The number of nitrogens with one attached hydrogen (secondary N) is 2. The second-order valence-electron chi connectivity index (χ2n) is 9.94. The van der Waals surface area contributed by atoms with Gasteiger partial charge < -0.3 is 20.3 Å². The highest BCUT2D eigenvalue weighted by atomic mass is 16.5. The highest BCUT2D eigenvalue weighted by molar-refractivity contribution is 5.88. The Kier molecular flexibility index (Phi) is 9.57. The molecule has 0 aromatic carbocycles. The van der Waals surface area contributed by atoms with Crippen LogP contribution in [0.25, 0.3) is 0 Å². The predicted molar refractivity (Wildman–Crippen MR) is 127 cm³/mol. The van der Waals surface area contributed by atoms with Gasteiger partial charge in [-0.15, -0.1) is 0 Å². The summed E-state index contributed by atoms with van der Waals surface area (Å²) in [7, 11) is 0. The van der Waals surface area contributed by atoms with Crippen molar-refractivity contribution in [1.29, 1.82) is 5.26 Å². The van der Waals surface area contributed by atoms with Crippen LogP contribution >= 0.6 is 0 Å². The Hall–Kier alpha value is -2.11. The molecule has 3 rings (SSSR count). The summed E-state index contributed by atoms with van der Waals surface area (Å²) in [5.41, 5.74) is 0.378. The van der Waals surface area contributed by atoms with Crippen LogP contribution in [0.1, 0.15) is 65.2 Å². The van der Waals surface area contributed by atoms with Crippen molar-refractivity contribution in [2.75, 3.05) is 45.9 Å². The first-order valence-corrected chi connectivity index (χ1v) is 12.7. The Morgan fingerprint density at radius 1 is 1.21 bits per heavy atom. The zero-order chi connectivity index (χ0) is 23.7. The lowest BCUT2D eigenvalue weighted by atomic mass is 9.84. The molecule has 2 atom stereocenters. The van der Waals surface area contributed by atoms with E-state index in [9.17, 15) is 14.9 Å². The van der Waals surface area contributed by atoms with E-state index < -0.39 is 11.6 Å². The Morgan fingerprint density at radius 3 is 2.61 bits per heavy atom. The maximum absolute atomic E-state index is 13.4. The molecule has 0 radical (unpaired) electrons. The lowest BCUT2D eigenvalue weighted by Crippen LogP contribution is -2.58. The highest BCUT2D eigenvalue weighted by Gasteiger charge is 2.41.